The maximum Gasteiger partial charge on any atom is 0.134 e. The second-order valence-electron chi connectivity index (χ2n) is 3.67. The van der Waals surface area contributed by atoms with Crippen LogP contribution in [0.3, 0.4) is 0 Å². The Labute approximate surface area is 110 Å². The van der Waals surface area contributed by atoms with E-state index in [0.717, 1.165) is 29.6 Å². The van der Waals surface area contributed by atoms with Gasteiger partial charge in [-0.3, -0.25) is 0 Å². The Morgan fingerprint density at radius 1 is 1.69 bits per heavy atom. The summed E-state index contributed by atoms with van der Waals surface area (Å²) in [7, 11) is 0. The molecule has 1 aromatic heterocycles. The fourth-order valence-corrected chi connectivity index (χ4v) is 3.34. The maximum atomic E-state index is 5.52. The van der Waals surface area contributed by atoms with Crippen LogP contribution in [0.5, 0.6) is 0 Å². The highest BCUT2D eigenvalue weighted by molar-refractivity contribution is 8.22. The number of hydrogen-bond acceptors (Lipinski definition) is 4. The molecule has 2 rings (SSSR count). The van der Waals surface area contributed by atoms with Crippen molar-refractivity contribution in [1.82, 2.24) is 5.32 Å². The van der Waals surface area contributed by atoms with E-state index in [1.165, 1.54) is 11.3 Å². The van der Waals surface area contributed by atoms with Crippen LogP contribution in [0.25, 0.3) is 0 Å². The van der Waals surface area contributed by atoms with Crippen molar-refractivity contribution in [2.45, 2.75) is 24.7 Å². The highest BCUT2D eigenvalue weighted by Crippen LogP contribution is 2.18. The molecule has 2 heterocycles. The average Bonchev–Trinajstić information content (AvgIpc) is 2.96. The van der Waals surface area contributed by atoms with Gasteiger partial charge in [-0.2, -0.15) is 0 Å². The van der Waals surface area contributed by atoms with E-state index >= 15 is 0 Å². The molecule has 1 atom stereocenters. The molecule has 1 aromatic rings. The molecule has 0 aliphatic carbocycles. The van der Waals surface area contributed by atoms with Gasteiger partial charge in [0, 0.05) is 23.8 Å². The summed E-state index contributed by atoms with van der Waals surface area (Å²) < 4.78 is 6.40. The van der Waals surface area contributed by atoms with Gasteiger partial charge in [0.2, 0.25) is 0 Å². The predicted molar refractivity (Wildman–Crippen MR) is 75.2 cm³/mol. The molecule has 2 nitrogen and oxygen atoms in total. The minimum atomic E-state index is 0.361. The molecule has 0 spiro atoms. The summed E-state index contributed by atoms with van der Waals surface area (Å²) in [6.45, 7) is 1.76. The van der Waals surface area contributed by atoms with Crippen molar-refractivity contribution in [3.63, 3.8) is 0 Å². The summed E-state index contributed by atoms with van der Waals surface area (Å²) in [6.07, 6.45) is 2.70. The SMILES string of the molecule is S=C(NCC1CCCO1)SCc1cccs1. The van der Waals surface area contributed by atoms with Gasteiger partial charge in [0.05, 0.1) is 6.10 Å². The fraction of sp³-hybridized carbons (Fsp3) is 0.545. The first-order chi connectivity index (χ1) is 7.84. The highest BCUT2D eigenvalue weighted by Gasteiger charge is 2.15. The Balaban J connectivity index is 1.60. The first-order valence-electron chi connectivity index (χ1n) is 5.39. The third-order valence-corrected chi connectivity index (χ3v) is 4.84. The molecular formula is C11H15NOS3. The first kappa shape index (κ1) is 12.4. The topological polar surface area (TPSA) is 21.3 Å². The molecule has 1 fully saturated rings. The number of thiophene rings is 1. The smallest absolute Gasteiger partial charge is 0.134 e. The number of thioether (sulfide) groups is 1. The Morgan fingerprint density at radius 2 is 2.62 bits per heavy atom. The Bertz CT molecular complexity index is 320. The van der Waals surface area contributed by atoms with Crippen LogP contribution in [0.1, 0.15) is 17.7 Å². The standard InChI is InChI=1S/C11H15NOS3/c14-11(12-7-9-3-1-5-13-9)16-8-10-4-2-6-15-10/h2,4,6,9H,1,3,5,7-8H2,(H,12,14). The lowest BCUT2D eigenvalue weighted by Crippen LogP contribution is -2.28. The lowest BCUT2D eigenvalue weighted by atomic mass is 10.2. The van der Waals surface area contributed by atoms with Crippen LogP contribution in [-0.4, -0.2) is 23.6 Å². The van der Waals surface area contributed by atoms with Crippen LogP contribution in [0.2, 0.25) is 0 Å². The summed E-state index contributed by atoms with van der Waals surface area (Å²) in [4.78, 5) is 1.37. The molecule has 1 N–H and O–H groups in total. The fourth-order valence-electron chi connectivity index (χ4n) is 1.58. The summed E-state index contributed by atoms with van der Waals surface area (Å²) >= 11 is 8.73. The molecule has 5 heteroatoms. The molecule has 1 unspecified atom stereocenters. The van der Waals surface area contributed by atoms with Crippen molar-refractivity contribution < 1.29 is 4.74 Å². The van der Waals surface area contributed by atoms with Crippen LogP contribution >= 0.6 is 35.3 Å². The van der Waals surface area contributed by atoms with E-state index in [0.29, 0.717) is 6.10 Å². The monoisotopic (exact) mass is 273 g/mol. The van der Waals surface area contributed by atoms with Crippen molar-refractivity contribution in [2.24, 2.45) is 0 Å². The minimum Gasteiger partial charge on any atom is -0.376 e. The third kappa shape index (κ3) is 4.05. The van der Waals surface area contributed by atoms with Gasteiger partial charge in [0.1, 0.15) is 4.32 Å². The van der Waals surface area contributed by atoms with E-state index in [-0.39, 0.29) is 0 Å². The second kappa shape index (κ2) is 6.59. The zero-order chi connectivity index (χ0) is 11.2. The van der Waals surface area contributed by atoms with Gasteiger partial charge < -0.3 is 10.1 Å². The van der Waals surface area contributed by atoms with Gasteiger partial charge in [0.15, 0.2) is 0 Å². The van der Waals surface area contributed by atoms with Crippen LogP contribution in [-0.2, 0) is 10.5 Å². The van der Waals surface area contributed by atoms with Crippen LogP contribution in [0, 0.1) is 0 Å². The van der Waals surface area contributed by atoms with E-state index in [1.807, 2.05) is 0 Å². The number of thiocarbonyl (C=S) groups is 1. The summed E-state index contributed by atoms with van der Waals surface area (Å²) in [6, 6.07) is 4.21. The van der Waals surface area contributed by atoms with Crippen LogP contribution in [0.15, 0.2) is 17.5 Å². The zero-order valence-corrected chi connectivity index (χ0v) is 11.4. The lowest BCUT2D eigenvalue weighted by molar-refractivity contribution is 0.114. The van der Waals surface area contributed by atoms with Crippen molar-refractivity contribution in [1.29, 1.82) is 0 Å². The van der Waals surface area contributed by atoms with Crippen LogP contribution in [0.4, 0.5) is 0 Å². The van der Waals surface area contributed by atoms with Gasteiger partial charge >= 0.3 is 0 Å². The Hall–Kier alpha value is -0.100. The first-order valence-corrected chi connectivity index (χ1v) is 7.66. The highest BCUT2D eigenvalue weighted by atomic mass is 32.2. The van der Waals surface area contributed by atoms with Crippen molar-refractivity contribution in [3.8, 4) is 0 Å². The molecule has 0 amide bonds. The zero-order valence-electron chi connectivity index (χ0n) is 8.98. The maximum absolute atomic E-state index is 5.52. The summed E-state index contributed by atoms with van der Waals surface area (Å²) in [5.74, 6) is 0.967. The molecule has 1 saturated heterocycles. The number of ether oxygens (including phenoxy) is 1. The van der Waals surface area contributed by atoms with Crippen molar-refractivity contribution in [2.75, 3.05) is 13.2 Å². The molecule has 0 saturated carbocycles. The van der Waals surface area contributed by atoms with E-state index in [1.54, 1.807) is 23.1 Å². The average molecular weight is 273 g/mol. The van der Waals surface area contributed by atoms with E-state index in [2.05, 4.69) is 22.8 Å². The largest absolute Gasteiger partial charge is 0.376 e. The van der Waals surface area contributed by atoms with Gasteiger partial charge in [-0.15, -0.1) is 11.3 Å². The van der Waals surface area contributed by atoms with Crippen molar-refractivity contribution >= 4 is 39.6 Å². The third-order valence-electron chi connectivity index (χ3n) is 2.42. The molecule has 0 bridgehead atoms. The molecule has 1 aliphatic rings. The summed E-state index contributed by atoms with van der Waals surface area (Å²) in [5.41, 5.74) is 0. The number of rotatable bonds is 4. The van der Waals surface area contributed by atoms with Gasteiger partial charge in [-0.1, -0.05) is 30.0 Å². The van der Waals surface area contributed by atoms with E-state index < -0.39 is 0 Å². The Kier molecular flexibility index (Phi) is 5.09. The minimum absolute atomic E-state index is 0.361. The molecule has 1 aliphatic heterocycles. The Morgan fingerprint density at radius 3 is 3.31 bits per heavy atom. The van der Waals surface area contributed by atoms with Crippen molar-refractivity contribution in [3.05, 3.63) is 22.4 Å². The van der Waals surface area contributed by atoms with Gasteiger partial charge in [-0.25, -0.2) is 0 Å². The lowest BCUT2D eigenvalue weighted by Gasteiger charge is -2.11. The number of nitrogens with one attached hydrogen (secondary N) is 1. The van der Waals surface area contributed by atoms with E-state index in [4.69, 9.17) is 17.0 Å². The molecule has 88 valence electrons. The predicted octanol–water partition coefficient (Wildman–Crippen LogP) is 3.03. The van der Waals surface area contributed by atoms with Gasteiger partial charge in [0.25, 0.3) is 0 Å². The molecule has 16 heavy (non-hydrogen) atoms. The quantitative estimate of drug-likeness (QED) is 0.851. The summed E-state index contributed by atoms with van der Waals surface area (Å²) in [5, 5.41) is 5.36. The van der Waals surface area contributed by atoms with Crippen LogP contribution < -0.4 is 5.32 Å². The normalized spacial score (nSPS) is 19.9. The second-order valence-corrected chi connectivity index (χ2v) is 6.36. The van der Waals surface area contributed by atoms with Gasteiger partial charge in [-0.05, 0) is 24.3 Å². The molecule has 0 aromatic carbocycles. The number of hydrogen-bond donors (Lipinski definition) is 1. The van der Waals surface area contributed by atoms with E-state index in [9.17, 15) is 0 Å². The molecular weight excluding hydrogens is 258 g/mol. The molecule has 0 radical (unpaired) electrons.